The zero-order chi connectivity index (χ0) is 13.9. The van der Waals surface area contributed by atoms with Gasteiger partial charge in [0.15, 0.2) is 0 Å². The lowest BCUT2D eigenvalue weighted by molar-refractivity contribution is 0.122. The average molecular weight is 291 g/mol. The van der Waals surface area contributed by atoms with Crippen LogP contribution in [-0.2, 0) is 4.74 Å². The third-order valence-corrected chi connectivity index (χ3v) is 3.47. The van der Waals surface area contributed by atoms with Crippen LogP contribution in [0.1, 0.15) is 0 Å². The van der Waals surface area contributed by atoms with E-state index in [1.807, 2.05) is 24.3 Å². The summed E-state index contributed by atoms with van der Waals surface area (Å²) in [6.07, 6.45) is 1.75. The summed E-state index contributed by atoms with van der Waals surface area (Å²) in [5.41, 5.74) is 7.77. The highest BCUT2D eigenvalue weighted by molar-refractivity contribution is 6.30. The van der Waals surface area contributed by atoms with E-state index in [-0.39, 0.29) is 0 Å². The Morgan fingerprint density at radius 3 is 2.75 bits per heavy atom. The first kappa shape index (κ1) is 13.1. The standard InChI is InChI=1S/C14H15ClN4O/c15-11-3-1-2-10(8-11)12-9-17-14(18-13(12)16)19-4-6-20-7-5-19/h1-3,8-9H,4-7H2,(H2,16,17,18). The molecule has 2 N–H and O–H groups in total. The summed E-state index contributed by atoms with van der Waals surface area (Å²) in [4.78, 5) is 10.9. The molecule has 0 spiro atoms. The fraction of sp³-hybridized carbons (Fsp3) is 0.286. The van der Waals surface area contributed by atoms with Crippen LogP contribution in [0.25, 0.3) is 11.1 Å². The summed E-state index contributed by atoms with van der Waals surface area (Å²) >= 11 is 6.00. The van der Waals surface area contributed by atoms with Crippen molar-refractivity contribution in [1.82, 2.24) is 9.97 Å². The molecule has 1 fully saturated rings. The van der Waals surface area contributed by atoms with E-state index < -0.39 is 0 Å². The van der Waals surface area contributed by atoms with E-state index >= 15 is 0 Å². The molecular weight excluding hydrogens is 276 g/mol. The molecule has 0 radical (unpaired) electrons. The Kier molecular flexibility index (Phi) is 3.71. The van der Waals surface area contributed by atoms with Crippen LogP contribution in [0.15, 0.2) is 30.5 Å². The second-order valence-electron chi connectivity index (χ2n) is 4.58. The predicted octanol–water partition coefficient (Wildman–Crippen LogP) is 2.22. The van der Waals surface area contributed by atoms with Crippen molar-refractivity contribution in [2.45, 2.75) is 0 Å². The van der Waals surface area contributed by atoms with Crippen molar-refractivity contribution >= 4 is 23.4 Å². The van der Waals surface area contributed by atoms with Crippen LogP contribution in [0.2, 0.25) is 5.02 Å². The second-order valence-corrected chi connectivity index (χ2v) is 5.02. The number of nitrogens with zero attached hydrogens (tertiary/aromatic N) is 3. The van der Waals surface area contributed by atoms with Gasteiger partial charge in [0.25, 0.3) is 0 Å². The molecular formula is C14H15ClN4O. The molecule has 0 saturated carbocycles. The Hall–Kier alpha value is -1.85. The molecule has 0 amide bonds. The van der Waals surface area contributed by atoms with Gasteiger partial charge in [-0.1, -0.05) is 23.7 Å². The number of rotatable bonds is 2. The normalized spacial score (nSPS) is 15.3. The van der Waals surface area contributed by atoms with E-state index in [1.165, 1.54) is 0 Å². The van der Waals surface area contributed by atoms with Gasteiger partial charge in [-0.15, -0.1) is 0 Å². The van der Waals surface area contributed by atoms with E-state index in [9.17, 15) is 0 Å². The van der Waals surface area contributed by atoms with Gasteiger partial charge in [0.1, 0.15) is 5.82 Å². The topological polar surface area (TPSA) is 64.3 Å². The maximum atomic E-state index is 6.06. The summed E-state index contributed by atoms with van der Waals surface area (Å²) in [6, 6.07) is 7.50. The van der Waals surface area contributed by atoms with Crippen LogP contribution in [0, 0.1) is 0 Å². The number of hydrogen-bond donors (Lipinski definition) is 1. The number of anilines is 2. The molecule has 0 atom stereocenters. The minimum atomic E-state index is 0.462. The highest BCUT2D eigenvalue weighted by Crippen LogP contribution is 2.27. The van der Waals surface area contributed by atoms with Gasteiger partial charge in [0, 0.05) is 29.9 Å². The van der Waals surface area contributed by atoms with Crippen LogP contribution in [0.4, 0.5) is 11.8 Å². The van der Waals surface area contributed by atoms with Gasteiger partial charge in [-0.05, 0) is 17.7 Å². The number of hydrogen-bond acceptors (Lipinski definition) is 5. The highest BCUT2D eigenvalue weighted by Gasteiger charge is 2.15. The smallest absolute Gasteiger partial charge is 0.227 e. The summed E-state index contributed by atoms with van der Waals surface area (Å²) < 4.78 is 5.31. The quantitative estimate of drug-likeness (QED) is 0.919. The minimum Gasteiger partial charge on any atom is -0.383 e. The van der Waals surface area contributed by atoms with Gasteiger partial charge in [-0.25, -0.2) is 4.98 Å². The van der Waals surface area contributed by atoms with Crippen LogP contribution in [0.3, 0.4) is 0 Å². The third kappa shape index (κ3) is 2.69. The first-order chi connectivity index (χ1) is 9.74. The monoisotopic (exact) mass is 290 g/mol. The lowest BCUT2D eigenvalue weighted by Gasteiger charge is -2.26. The summed E-state index contributed by atoms with van der Waals surface area (Å²) in [7, 11) is 0. The minimum absolute atomic E-state index is 0.462. The van der Waals surface area contributed by atoms with Crippen molar-refractivity contribution in [3.05, 3.63) is 35.5 Å². The van der Waals surface area contributed by atoms with Gasteiger partial charge in [-0.3, -0.25) is 0 Å². The molecule has 2 heterocycles. The first-order valence-electron chi connectivity index (χ1n) is 6.45. The number of nitrogens with two attached hydrogens (primary N) is 1. The molecule has 1 aromatic carbocycles. The summed E-state index contributed by atoms with van der Waals surface area (Å²) in [5, 5.41) is 0.666. The Morgan fingerprint density at radius 2 is 2.05 bits per heavy atom. The molecule has 0 unspecified atom stereocenters. The van der Waals surface area contributed by atoms with Crippen molar-refractivity contribution in [1.29, 1.82) is 0 Å². The van der Waals surface area contributed by atoms with E-state index in [2.05, 4.69) is 14.9 Å². The fourth-order valence-corrected chi connectivity index (χ4v) is 2.37. The second kappa shape index (κ2) is 5.64. The Balaban J connectivity index is 1.91. The van der Waals surface area contributed by atoms with Crippen molar-refractivity contribution in [2.75, 3.05) is 36.9 Å². The molecule has 6 heteroatoms. The molecule has 1 aliphatic rings. The van der Waals surface area contributed by atoms with Gasteiger partial charge in [0.2, 0.25) is 5.95 Å². The first-order valence-corrected chi connectivity index (χ1v) is 6.83. The largest absolute Gasteiger partial charge is 0.383 e. The van der Waals surface area contributed by atoms with Crippen molar-refractivity contribution < 1.29 is 4.74 Å². The lowest BCUT2D eigenvalue weighted by atomic mass is 10.1. The van der Waals surface area contributed by atoms with Crippen LogP contribution >= 0.6 is 11.6 Å². The molecule has 3 rings (SSSR count). The molecule has 2 aromatic rings. The summed E-state index contributed by atoms with van der Waals surface area (Å²) in [5.74, 6) is 1.11. The van der Waals surface area contributed by atoms with Gasteiger partial charge >= 0.3 is 0 Å². The number of morpholine rings is 1. The molecule has 1 aromatic heterocycles. The zero-order valence-corrected chi connectivity index (χ0v) is 11.7. The van der Waals surface area contributed by atoms with Crippen molar-refractivity contribution in [3.63, 3.8) is 0 Å². The van der Waals surface area contributed by atoms with Crippen molar-refractivity contribution in [2.24, 2.45) is 0 Å². The van der Waals surface area contributed by atoms with Gasteiger partial charge in [0.05, 0.1) is 13.2 Å². The van der Waals surface area contributed by atoms with E-state index in [0.717, 1.165) is 24.2 Å². The maximum Gasteiger partial charge on any atom is 0.227 e. The molecule has 5 nitrogen and oxygen atoms in total. The molecule has 1 saturated heterocycles. The molecule has 20 heavy (non-hydrogen) atoms. The highest BCUT2D eigenvalue weighted by atomic mass is 35.5. The van der Waals surface area contributed by atoms with Crippen LogP contribution in [0.5, 0.6) is 0 Å². The maximum absolute atomic E-state index is 6.06. The van der Waals surface area contributed by atoms with Crippen LogP contribution in [-0.4, -0.2) is 36.3 Å². The fourth-order valence-electron chi connectivity index (χ4n) is 2.18. The van der Waals surface area contributed by atoms with Crippen molar-refractivity contribution in [3.8, 4) is 11.1 Å². The van der Waals surface area contributed by atoms with Crippen LogP contribution < -0.4 is 10.6 Å². The van der Waals surface area contributed by atoms with E-state index in [0.29, 0.717) is 30.0 Å². The zero-order valence-electron chi connectivity index (χ0n) is 10.9. The van der Waals surface area contributed by atoms with Gasteiger partial charge < -0.3 is 15.4 Å². The Morgan fingerprint density at radius 1 is 1.25 bits per heavy atom. The number of nitrogen functional groups attached to an aromatic ring is 1. The average Bonchev–Trinajstić information content (AvgIpc) is 2.48. The Labute approximate surface area is 122 Å². The Bertz CT molecular complexity index is 614. The predicted molar refractivity (Wildman–Crippen MR) is 79.9 cm³/mol. The van der Waals surface area contributed by atoms with Gasteiger partial charge in [-0.2, -0.15) is 4.98 Å². The van der Waals surface area contributed by atoms with E-state index in [1.54, 1.807) is 6.20 Å². The number of aromatic nitrogens is 2. The molecule has 104 valence electrons. The molecule has 0 aliphatic carbocycles. The number of halogens is 1. The summed E-state index contributed by atoms with van der Waals surface area (Å²) in [6.45, 7) is 2.96. The number of benzene rings is 1. The third-order valence-electron chi connectivity index (χ3n) is 3.24. The molecule has 1 aliphatic heterocycles. The lowest BCUT2D eigenvalue weighted by Crippen LogP contribution is -2.37. The molecule has 0 bridgehead atoms. The number of ether oxygens (including phenoxy) is 1. The SMILES string of the molecule is Nc1nc(N2CCOCC2)ncc1-c1cccc(Cl)c1. The van der Waals surface area contributed by atoms with E-state index in [4.69, 9.17) is 22.1 Å².